The van der Waals surface area contributed by atoms with Gasteiger partial charge in [0.2, 0.25) is 0 Å². The Hall–Kier alpha value is -2.90. The summed E-state index contributed by atoms with van der Waals surface area (Å²) in [6.07, 6.45) is 6.22. The monoisotopic (exact) mass is 383 g/mol. The first-order valence-corrected chi connectivity index (χ1v) is 9.84. The van der Waals surface area contributed by atoms with Crippen LogP contribution in [0.4, 0.5) is 5.82 Å². The van der Waals surface area contributed by atoms with Gasteiger partial charge in [0.1, 0.15) is 17.3 Å². The summed E-state index contributed by atoms with van der Waals surface area (Å²) in [4.78, 5) is 37.5. The fourth-order valence-electron chi connectivity index (χ4n) is 3.86. The molecular formula is C20H25N5O3. The third-order valence-corrected chi connectivity index (χ3v) is 5.35. The van der Waals surface area contributed by atoms with Crippen molar-refractivity contribution >= 4 is 17.6 Å². The van der Waals surface area contributed by atoms with Crippen molar-refractivity contribution in [3.05, 3.63) is 41.7 Å². The number of anilines is 1. The SMILES string of the molecule is Cc1nc(NC2CCCC2)cc(C(=O)N2CCN(C(=O)c3ccco3)CC2)n1. The number of carbonyl (C=O) groups is 2. The van der Waals surface area contributed by atoms with Crippen LogP contribution in [0.3, 0.4) is 0 Å². The highest BCUT2D eigenvalue weighted by atomic mass is 16.3. The molecule has 2 fully saturated rings. The maximum Gasteiger partial charge on any atom is 0.289 e. The summed E-state index contributed by atoms with van der Waals surface area (Å²) in [7, 11) is 0. The fourth-order valence-corrected chi connectivity index (χ4v) is 3.86. The summed E-state index contributed by atoms with van der Waals surface area (Å²) in [5.41, 5.74) is 0.402. The van der Waals surface area contributed by atoms with E-state index in [-0.39, 0.29) is 11.8 Å². The van der Waals surface area contributed by atoms with Gasteiger partial charge in [0, 0.05) is 38.3 Å². The summed E-state index contributed by atoms with van der Waals surface area (Å²) in [5, 5.41) is 3.43. The molecule has 1 aliphatic carbocycles. The normalized spacial score (nSPS) is 17.8. The van der Waals surface area contributed by atoms with E-state index in [0.29, 0.717) is 49.5 Å². The molecule has 2 aromatic heterocycles. The van der Waals surface area contributed by atoms with Crippen LogP contribution in [0.5, 0.6) is 0 Å². The summed E-state index contributed by atoms with van der Waals surface area (Å²) in [6, 6.07) is 5.52. The molecule has 8 heteroatoms. The summed E-state index contributed by atoms with van der Waals surface area (Å²) < 4.78 is 5.18. The van der Waals surface area contributed by atoms with Gasteiger partial charge in [-0.2, -0.15) is 0 Å². The minimum atomic E-state index is -0.141. The minimum Gasteiger partial charge on any atom is -0.459 e. The maximum atomic E-state index is 12.9. The highest BCUT2D eigenvalue weighted by Crippen LogP contribution is 2.22. The number of hydrogen-bond donors (Lipinski definition) is 1. The molecule has 0 spiro atoms. The predicted octanol–water partition coefficient (Wildman–Crippen LogP) is 2.33. The Bertz CT molecular complexity index is 838. The lowest BCUT2D eigenvalue weighted by atomic mass is 10.2. The van der Waals surface area contributed by atoms with Crippen LogP contribution in [-0.2, 0) is 0 Å². The van der Waals surface area contributed by atoms with Gasteiger partial charge in [-0.15, -0.1) is 0 Å². The number of aryl methyl sites for hydroxylation is 1. The second kappa shape index (κ2) is 8.00. The number of nitrogens with one attached hydrogen (secondary N) is 1. The van der Waals surface area contributed by atoms with Crippen LogP contribution >= 0.6 is 0 Å². The first-order chi connectivity index (χ1) is 13.6. The lowest BCUT2D eigenvalue weighted by molar-refractivity contribution is 0.0515. The van der Waals surface area contributed by atoms with Crippen LogP contribution in [0.2, 0.25) is 0 Å². The van der Waals surface area contributed by atoms with E-state index in [9.17, 15) is 9.59 Å². The van der Waals surface area contributed by atoms with E-state index in [1.54, 1.807) is 34.9 Å². The fraction of sp³-hybridized carbons (Fsp3) is 0.500. The van der Waals surface area contributed by atoms with Gasteiger partial charge in [-0.25, -0.2) is 9.97 Å². The van der Waals surface area contributed by atoms with E-state index in [4.69, 9.17) is 4.42 Å². The van der Waals surface area contributed by atoms with Crippen LogP contribution in [-0.4, -0.2) is 63.8 Å². The molecule has 2 aliphatic rings. The van der Waals surface area contributed by atoms with Gasteiger partial charge in [0.05, 0.1) is 6.26 Å². The molecule has 1 aliphatic heterocycles. The molecule has 8 nitrogen and oxygen atoms in total. The quantitative estimate of drug-likeness (QED) is 0.871. The molecule has 3 heterocycles. The number of hydrogen-bond acceptors (Lipinski definition) is 6. The molecule has 1 saturated heterocycles. The first kappa shape index (κ1) is 18.5. The lowest BCUT2D eigenvalue weighted by Crippen LogP contribution is -2.50. The second-order valence-corrected chi connectivity index (χ2v) is 7.37. The van der Waals surface area contributed by atoms with Gasteiger partial charge in [-0.1, -0.05) is 12.8 Å². The van der Waals surface area contributed by atoms with Crippen molar-refractivity contribution in [3.8, 4) is 0 Å². The lowest BCUT2D eigenvalue weighted by Gasteiger charge is -2.34. The molecule has 0 aromatic carbocycles. The van der Waals surface area contributed by atoms with Gasteiger partial charge in [-0.05, 0) is 31.9 Å². The number of amides is 2. The topological polar surface area (TPSA) is 91.6 Å². The van der Waals surface area contributed by atoms with Gasteiger partial charge >= 0.3 is 0 Å². The summed E-state index contributed by atoms with van der Waals surface area (Å²) in [5.74, 6) is 1.37. The molecular weight excluding hydrogens is 358 g/mol. The standard InChI is InChI=1S/C20H25N5O3/c1-14-21-16(13-18(22-14)23-15-5-2-3-6-15)19(26)24-8-10-25(11-9-24)20(27)17-7-4-12-28-17/h4,7,12-13,15H,2-3,5-6,8-11H2,1H3,(H,21,22,23). The number of aromatic nitrogens is 2. The molecule has 4 rings (SSSR count). The number of piperazine rings is 1. The molecule has 0 unspecified atom stereocenters. The Kier molecular flexibility index (Phi) is 5.27. The summed E-state index contributed by atoms with van der Waals surface area (Å²) >= 11 is 0. The highest BCUT2D eigenvalue weighted by molar-refractivity contribution is 5.94. The van der Waals surface area contributed by atoms with E-state index in [0.717, 1.165) is 18.7 Å². The van der Waals surface area contributed by atoms with E-state index in [1.165, 1.54) is 19.1 Å². The van der Waals surface area contributed by atoms with Crippen molar-refractivity contribution in [2.75, 3.05) is 31.5 Å². The Labute approximate surface area is 163 Å². The number of rotatable bonds is 4. The average molecular weight is 383 g/mol. The molecule has 28 heavy (non-hydrogen) atoms. The van der Waals surface area contributed by atoms with Crippen molar-refractivity contribution in [3.63, 3.8) is 0 Å². The molecule has 1 N–H and O–H groups in total. The Balaban J connectivity index is 1.39. The molecule has 2 amide bonds. The van der Waals surface area contributed by atoms with Crippen LogP contribution < -0.4 is 5.32 Å². The van der Waals surface area contributed by atoms with Crippen molar-refractivity contribution in [2.45, 2.75) is 38.6 Å². The number of furan rings is 1. The maximum absolute atomic E-state index is 12.9. The van der Waals surface area contributed by atoms with Crippen LogP contribution in [0.1, 0.15) is 52.6 Å². The van der Waals surface area contributed by atoms with Gasteiger partial charge in [0.15, 0.2) is 5.76 Å². The second-order valence-electron chi connectivity index (χ2n) is 7.37. The van der Waals surface area contributed by atoms with Crippen molar-refractivity contribution < 1.29 is 14.0 Å². The van der Waals surface area contributed by atoms with Crippen molar-refractivity contribution in [2.24, 2.45) is 0 Å². The zero-order valence-electron chi connectivity index (χ0n) is 16.1. The summed E-state index contributed by atoms with van der Waals surface area (Å²) in [6.45, 7) is 3.70. The first-order valence-electron chi connectivity index (χ1n) is 9.84. The van der Waals surface area contributed by atoms with Crippen LogP contribution in [0, 0.1) is 6.92 Å². The predicted molar refractivity (Wildman–Crippen MR) is 103 cm³/mol. The van der Waals surface area contributed by atoms with Crippen molar-refractivity contribution in [1.29, 1.82) is 0 Å². The molecule has 0 bridgehead atoms. The van der Waals surface area contributed by atoms with E-state index in [1.807, 2.05) is 0 Å². The Morgan fingerprint density at radius 3 is 2.39 bits per heavy atom. The van der Waals surface area contributed by atoms with Crippen LogP contribution in [0.15, 0.2) is 28.9 Å². The van der Waals surface area contributed by atoms with Crippen LogP contribution in [0.25, 0.3) is 0 Å². The van der Waals surface area contributed by atoms with E-state index < -0.39 is 0 Å². The third kappa shape index (κ3) is 4.00. The van der Waals surface area contributed by atoms with Gasteiger partial charge in [0.25, 0.3) is 11.8 Å². The Morgan fingerprint density at radius 1 is 1.07 bits per heavy atom. The largest absolute Gasteiger partial charge is 0.459 e. The molecule has 0 radical (unpaired) electrons. The zero-order valence-corrected chi connectivity index (χ0v) is 16.1. The minimum absolute atomic E-state index is 0.120. The molecule has 148 valence electrons. The average Bonchev–Trinajstić information content (AvgIpc) is 3.41. The molecule has 1 saturated carbocycles. The molecule has 2 aromatic rings. The van der Waals surface area contributed by atoms with E-state index >= 15 is 0 Å². The smallest absolute Gasteiger partial charge is 0.289 e. The number of carbonyl (C=O) groups excluding carboxylic acids is 2. The Morgan fingerprint density at radius 2 is 1.75 bits per heavy atom. The van der Waals surface area contributed by atoms with Gasteiger partial charge in [-0.3, -0.25) is 9.59 Å². The van der Waals surface area contributed by atoms with E-state index in [2.05, 4.69) is 15.3 Å². The zero-order chi connectivity index (χ0) is 19.5. The van der Waals surface area contributed by atoms with Gasteiger partial charge < -0.3 is 19.5 Å². The van der Waals surface area contributed by atoms with Crippen molar-refractivity contribution in [1.82, 2.24) is 19.8 Å². The number of nitrogens with zero attached hydrogens (tertiary/aromatic N) is 4. The third-order valence-electron chi connectivity index (χ3n) is 5.35. The highest BCUT2D eigenvalue weighted by Gasteiger charge is 2.27. The molecule has 0 atom stereocenters.